The van der Waals surface area contributed by atoms with Crippen LogP contribution in [-0.4, -0.2) is 18.7 Å². The zero-order valence-electron chi connectivity index (χ0n) is 11.5. The average Bonchev–Trinajstić information content (AvgIpc) is 3.00. The number of halogens is 1. The highest BCUT2D eigenvalue weighted by atomic mass is 19.1. The van der Waals surface area contributed by atoms with E-state index in [2.05, 4.69) is 0 Å². The molecule has 2 aliphatic heterocycles. The number of hydrogen-bond acceptors (Lipinski definition) is 4. The Morgan fingerprint density at radius 1 is 1.09 bits per heavy atom. The molecule has 2 atom stereocenters. The summed E-state index contributed by atoms with van der Waals surface area (Å²) in [6, 6.07) is 10.4. The average molecular weight is 300 g/mol. The van der Waals surface area contributed by atoms with E-state index in [1.807, 2.05) is 12.1 Å². The van der Waals surface area contributed by atoms with Crippen molar-refractivity contribution in [3.8, 4) is 11.5 Å². The minimum Gasteiger partial charge on any atom is -0.454 e. The summed E-state index contributed by atoms with van der Waals surface area (Å²) in [4.78, 5) is 13.7. The number of nitrogens with zero attached hydrogens (tertiary/aromatic N) is 1. The minimum absolute atomic E-state index is 0.186. The van der Waals surface area contributed by atoms with Crippen LogP contribution in [0.1, 0.15) is 11.6 Å². The lowest BCUT2D eigenvalue weighted by Crippen LogP contribution is -2.63. The van der Waals surface area contributed by atoms with E-state index in [1.165, 1.54) is 12.1 Å². The number of amides is 1. The highest BCUT2D eigenvalue weighted by molar-refractivity contribution is 6.05. The van der Waals surface area contributed by atoms with E-state index in [0.29, 0.717) is 17.2 Å². The van der Waals surface area contributed by atoms with Crippen molar-refractivity contribution in [2.24, 2.45) is 5.73 Å². The van der Waals surface area contributed by atoms with E-state index in [-0.39, 0.29) is 24.6 Å². The molecule has 0 unspecified atom stereocenters. The normalized spacial score (nSPS) is 22.6. The number of hydrogen-bond donors (Lipinski definition) is 1. The van der Waals surface area contributed by atoms with E-state index in [0.717, 1.165) is 5.56 Å². The molecule has 0 spiro atoms. The number of ether oxygens (including phenoxy) is 2. The third-order valence-corrected chi connectivity index (χ3v) is 3.98. The summed E-state index contributed by atoms with van der Waals surface area (Å²) in [6.45, 7) is 0.191. The minimum atomic E-state index is -0.620. The second kappa shape index (κ2) is 4.71. The first-order chi connectivity index (χ1) is 10.6. The predicted molar refractivity (Wildman–Crippen MR) is 77.2 cm³/mol. The van der Waals surface area contributed by atoms with Crippen LogP contribution in [0.3, 0.4) is 0 Å². The van der Waals surface area contributed by atoms with Gasteiger partial charge in [-0.1, -0.05) is 6.07 Å². The van der Waals surface area contributed by atoms with Crippen molar-refractivity contribution in [1.82, 2.24) is 0 Å². The Morgan fingerprint density at radius 3 is 2.59 bits per heavy atom. The van der Waals surface area contributed by atoms with Crippen molar-refractivity contribution < 1.29 is 18.7 Å². The van der Waals surface area contributed by atoms with Crippen molar-refractivity contribution >= 4 is 11.6 Å². The van der Waals surface area contributed by atoms with Crippen molar-refractivity contribution in [1.29, 1.82) is 0 Å². The molecule has 1 fully saturated rings. The number of anilines is 1. The topological polar surface area (TPSA) is 64.8 Å². The van der Waals surface area contributed by atoms with Gasteiger partial charge in [-0.2, -0.15) is 0 Å². The Hall–Kier alpha value is -2.60. The SMILES string of the molecule is N[C@H]1C(=O)N(c2ccc(F)cc2)[C@H]1c1ccc2c(c1)OCO2. The van der Waals surface area contributed by atoms with Crippen molar-refractivity contribution in [2.75, 3.05) is 11.7 Å². The fourth-order valence-corrected chi connectivity index (χ4v) is 2.85. The summed E-state index contributed by atoms with van der Waals surface area (Å²) in [5.41, 5.74) is 7.45. The second-order valence-electron chi connectivity index (χ2n) is 5.27. The fraction of sp³-hybridized carbons (Fsp3) is 0.188. The van der Waals surface area contributed by atoms with Gasteiger partial charge in [-0.25, -0.2) is 4.39 Å². The molecule has 6 heteroatoms. The van der Waals surface area contributed by atoms with Gasteiger partial charge < -0.3 is 20.1 Å². The van der Waals surface area contributed by atoms with Crippen LogP contribution in [0.4, 0.5) is 10.1 Å². The lowest BCUT2D eigenvalue weighted by atomic mass is 9.88. The Balaban J connectivity index is 1.70. The van der Waals surface area contributed by atoms with Gasteiger partial charge in [0.2, 0.25) is 12.7 Å². The summed E-state index contributed by atoms with van der Waals surface area (Å²) in [5, 5.41) is 0. The van der Waals surface area contributed by atoms with Gasteiger partial charge in [0.1, 0.15) is 11.9 Å². The summed E-state index contributed by atoms with van der Waals surface area (Å²) in [5.74, 6) is 0.786. The van der Waals surface area contributed by atoms with Crippen molar-refractivity contribution in [3.05, 3.63) is 53.8 Å². The number of fused-ring (bicyclic) bond motifs is 1. The Labute approximate surface area is 126 Å². The smallest absolute Gasteiger partial charge is 0.247 e. The molecule has 5 nitrogen and oxygen atoms in total. The standard InChI is InChI=1S/C16H13FN2O3/c17-10-2-4-11(5-3-10)19-15(14(18)16(19)20)9-1-6-12-13(7-9)22-8-21-12/h1-7,14-15H,8,18H2/t14-,15+/m1/s1. The monoisotopic (exact) mass is 300 g/mol. The van der Waals surface area contributed by atoms with Crippen LogP contribution in [-0.2, 0) is 4.79 Å². The molecule has 2 aliphatic rings. The highest BCUT2D eigenvalue weighted by Gasteiger charge is 2.47. The highest BCUT2D eigenvalue weighted by Crippen LogP contribution is 2.42. The maximum absolute atomic E-state index is 13.1. The third-order valence-electron chi connectivity index (χ3n) is 3.98. The fourth-order valence-electron chi connectivity index (χ4n) is 2.85. The first-order valence-electron chi connectivity index (χ1n) is 6.89. The van der Waals surface area contributed by atoms with Crippen LogP contribution in [0.15, 0.2) is 42.5 Å². The van der Waals surface area contributed by atoms with E-state index in [4.69, 9.17) is 15.2 Å². The Kier molecular flexibility index (Phi) is 2.80. The molecule has 0 aromatic heterocycles. The van der Waals surface area contributed by atoms with Crippen LogP contribution in [0, 0.1) is 5.82 Å². The predicted octanol–water partition coefficient (Wildman–Crippen LogP) is 1.97. The summed E-state index contributed by atoms with van der Waals surface area (Å²) < 4.78 is 23.7. The van der Waals surface area contributed by atoms with E-state index in [1.54, 1.807) is 23.1 Å². The van der Waals surface area contributed by atoms with Gasteiger partial charge in [0.25, 0.3) is 0 Å². The number of rotatable bonds is 2. The van der Waals surface area contributed by atoms with Gasteiger partial charge in [-0.05, 0) is 42.0 Å². The van der Waals surface area contributed by atoms with Gasteiger partial charge in [-0.15, -0.1) is 0 Å². The van der Waals surface area contributed by atoms with Gasteiger partial charge in [0.15, 0.2) is 11.5 Å². The molecule has 2 heterocycles. The number of carbonyl (C=O) groups excluding carboxylic acids is 1. The molecule has 2 aromatic carbocycles. The molecule has 4 rings (SSSR count). The maximum atomic E-state index is 13.1. The molecule has 22 heavy (non-hydrogen) atoms. The maximum Gasteiger partial charge on any atom is 0.247 e. The van der Waals surface area contributed by atoms with Crippen molar-refractivity contribution in [3.63, 3.8) is 0 Å². The number of benzene rings is 2. The molecular weight excluding hydrogens is 287 g/mol. The summed E-state index contributed by atoms with van der Waals surface area (Å²) in [6.07, 6.45) is 0. The molecule has 2 aromatic rings. The van der Waals surface area contributed by atoms with Crippen LogP contribution < -0.4 is 20.1 Å². The van der Waals surface area contributed by atoms with E-state index in [9.17, 15) is 9.18 Å². The van der Waals surface area contributed by atoms with E-state index < -0.39 is 6.04 Å². The molecule has 0 saturated carbocycles. The van der Waals surface area contributed by atoms with Gasteiger partial charge in [-0.3, -0.25) is 4.79 Å². The van der Waals surface area contributed by atoms with E-state index >= 15 is 0 Å². The van der Waals surface area contributed by atoms with Crippen molar-refractivity contribution in [2.45, 2.75) is 12.1 Å². The van der Waals surface area contributed by atoms with Crippen LogP contribution in [0.5, 0.6) is 11.5 Å². The van der Waals surface area contributed by atoms with Gasteiger partial charge in [0, 0.05) is 5.69 Å². The first kappa shape index (κ1) is 13.1. The molecule has 0 aliphatic carbocycles. The largest absolute Gasteiger partial charge is 0.454 e. The first-order valence-corrected chi connectivity index (χ1v) is 6.89. The van der Waals surface area contributed by atoms with Gasteiger partial charge in [0.05, 0.1) is 6.04 Å². The Bertz CT molecular complexity index is 748. The lowest BCUT2D eigenvalue weighted by Gasteiger charge is -2.45. The molecule has 112 valence electrons. The molecule has 0 radical (unpaired) electrons. The molecule has 0 bridgehead atoms. The lowest BCUT2D eigenvalue weighted by molar-refractivity contribution is -0.126. The zero-order chi connectivity index (χ0) is 15.3. The van der Waals surface area contributed by atoms with Crippen LogP contribution in [0.2, 0.25) is 0 Å². The molecular formula is C16H13FN2O3. The summed E-state index contributed by atoms with van der Waals surface area (Å²) in [7, 11) is 0. The zero-order valence-corrected chi connectivity index (χ0v) is 11.5. The third kappa shape index (κ3) is 1.84. The molecule has 1 saturated heterocycles. The van der Waals surface area contributed by atoms with Gasteiger partial charge >= 0.3 is 0 Å². The van der Waals surface area contributed by atoms with Crippen LogP contribution in [0.25, 0.3) is 0 Å². The second-order valence-corrected chi connectivity index (χ2v) is 5.27. The number of carbonyl (C=O) groups is 1. The van der Waals surface area contributed by atoms with Crippen LogP contribution >= 0.6 is 0 Å². The summed E-state index contributed by atoms with van der Waals surface area (Å²) >= 11 is 0. The molecule has 1 amide bonds. The number of nitrogens with two attached hydrogens (primary N) is 1. The molecule has 2 N–H and O–H groups in total. The number of β-lactam (4-membered cyclic amide) rings is 1. The Morgan fingerprint density at radius 2 is 1.82 bits per heavy atom. The quantitative estimate of drug-likeness (QED) is 0.861.